The van der Waals surface area contributed by atoms with E-state index >= 15 is 0 Å². The highest BCUT2D eigenvalue weighted by Gasteiger charge is 2.20. The summed E-state index contributed by atoms with van der Waals surface area (Å²) in [5.74, 6) is 0. The van der Waals surface area contributed by atoms with Gasteiger partial charge in [-0.2, -0.15) is 0 Å². The molecule has 2 fully saturated rings. The maximum absolute atomic E-state index is 3.63. The minimum Gasteiger partial charge on any atom is -0.314 e. The maximum atomic E-state index is 3.63. The van der Waals surface area contributed by atoms with Gasteiger partial charge in [-0.1, -0.05) is 31.2 Å². The average Bonchev–Trinajstić information content (AvgIpc) is 3.34. The van der Waals surface area contributed by atoms with Crippen LogP contribution in [0, 0.1) is 0 Å². The van der Waals surface area contributed by atoms with E-state index in [1.807, 2.05) is 0 Å². The highest BCUT2D eigenvalue weighted by molar-refractivity contribution is 5.27. The van der Waals surface area contributed by atoms with Crippen LogP contribution in [-0.4, -0.2) is 55.1 Å². The zero-order valence-corrected chi connectivity index (χ0v) is 13.4. The van der Waals surface area contributed by atoms with Crippen LogP contribution in [0.4, 0.5) is 0 Å². The van der Waals surface area contributed by atoms with Crippen LogP contribution in [0.2, 0.25) is 0 Å². The molecule has 2 aliphatic rings. The molecule has 3 rings (SSSR count). The summed E-state index contributed by atoms with van der Waals surface area (Å²) in [5.41, 5.74) is 3.06. The lowest BCUT2D eigenvalue weighted by Crippen LogP contribution is -2.45. The van der Waals surface area contributed by atoms with Gasteiger partial charge < -0.3 is 10.2 Å². The standard InChI is InChI=1S/C18H29N3/c1-2-20-11-13-21(14-12-20)15-17-6-4-3-5-16(17)9-10-19-18-7-8-18/h3-6,18-19H,2,7-15H2,1H3. The SMILES string of the molecule is CCN1CCN(Cc2ccccc2CCNC2CC2)CC1. The second kappa shape index (κ2) is 7.39. The molecule has 0 amide bonds. The third kappa shape index (κ3) is 4.53. The molecule has 1 aliphatic carbocycles. The molecular weight excluding hydrogens is 258 g/mol. The molecule has 3 heteroatoms. The Bertz CT molecular complexity index is 434. The highest BCUT2D eigenvalue weighted by Crippen LogP contribution is 2.19. The van der Waals surface area contributed by atoms with Gasteiger partial charge in [-0.25, -0.2) is 0 Å². The predicted octanol–water partition coefficient (Wildman–Crippen LogP) is 2.12. The third-order valence-corrected chi connectivity index (χ3v) is 4.83. The van der Waals surface area contributed by atoms with Crippen LogP contribution in [0.3, 0.4) is 0 Å². The van der Waals surface area contributed by atoms with Crippen LogP contribution in [-0.2, 0) is 13.0 Å². The van der Waals surface area contributed by atoms with E-state index in [0.717, 1.165) is 19.1 Å². The highest BCUT2D eigenvalue weighted by atomic mass is 15.3. The second-order valence-corrected chi connectivity index (χ2v) is 6.46. The van der Waals surface area contributed by atoms with E-state index < -0.39 is 0 Å². The van der Waals surface area contributed by atoms with E-state index in [4.69, 9.17) is 0 Å². The molecule has 116 valence electrons. The quantitative estimate of drug-likeness (QED) is 0.829. The summed E-state index contributed by atoms with van der Waals surface area (Å²) >= 11 is 0. The van der Waals surface area contributed by atoms with Crippen molar-refractivity contribution in [1.82, 2.24) is 15.1 Å². The number of hydrogen-bond donors (Lipinski definition) is 1. The van der Waals surface area contributed by atoms with Gasteiger partial charge >= 0.3 is 0 Å². The molecule has 1 saturated heterocycles. The van der Waals surface area contributed by atoms with Gasteiger partial charge in [-0.15, -0.1) is 0 Å². The lowest BCUT2D eigenvalue weighted by molar-refractivity contribution is 0.131. The molecule has 21 heavy (non-hydrogen) atoms. The van der Waals surface area contributed by atoms with Crippen molar-refractivity contribution in [3.05, 3.63) is 35.4 Å². The van der Waals surface area contributed by atoms with Gasteiger partial charge in [-0.05, 0) is 43.5 Å². The zero-order valence-electron chi connectivity index (χ0n) is 13.4. The van der Waals surface area contributed by atoms with Crippen molar-refractivity contribution in [3.8, 4) is 0 Å². The monoisotopic (exact) mass is 287 g/mol. The summed E-state index contributed by atoms with van der Waals surface area (Å²) in [7, 11) is 0. The summed E-state index contributed by atoms with van der Waals surface area (Å²) < 4.78 is 0. The fourth-order valence-corrected chi connectivity index (χ4v) is 3.16. The number of nitrogens with one attached hydrogen (secondary N) is 1. The Morgan fingerprint density at radius 2 is 1.67 bits per heavy atom. The largest absolute Gasteiger partial charge is 0.314 e. The Morgan fingerprint density at radius 3 is 2.33 bits per heavy atom. The van der Waals surface area contributed by atoms with E-state index in [1.165, 1.54) is 63.1 Å². The van der Waals surface area contributed by atoms with Crippen molar-refractivity contribution in [2.45, 2.75) is 38.8 Å². The minimum absolute atomic E-state index is 0.819. The first-order valence-corrected chi connectivity index (χ1v) is 8.60. The first-order valence-electron chi connectivity index (χ1n) is 8.60. The summed E-state index contributed by atoms with van der Waals surface area (Å²) in [4.78, 5) is 5.15. The molecule has 0 aromatic heterocycles. The molecule has 1 N–H and O–H groups in total. The molecule has 1 aliphatic heterocycles. The van der Waals surface area contributed by atoms with Gasteiger partial charge in [0.05, 0.1) is 0 Å². The van der Waals surface area contributed by atoms with Crippen LogP contribution in [0.15, 0.2) is 24.3 Å². The van der Waals surface area contributed by atoms with Crippen LogP contribution < -0.4 is 5.32 Å². The van der Waals surface area contributed by atoms with Crippen molar-refractivity contribution in [2.24, 2.45) is 0 Å². The van der Waals surface area contributed by atoms with Crippen molar-refractivity contribution < 1.29 is 0 Å². The van der Waals surface area contributed by atoms with Crippen molar-refractivity contribution in [3.63, 3.8) is 0 Å². The first kappa shape index (κ1) is 15.0. The molecular formula is C18H29N3. The summed E-state index contributed by atoms with van der Waals surface area (Å²) in [6.07, 6.45) is 3.92. The fourth-order valence-electron chi connectivity index (χ4n) is 3.16. The molecule has 1 aromatic rings. The van der Waals surface area contributed by atoms with Crippen molar-refractivity contribution >= 4 is 0 Å². The van der Waals surface area contributed by atoms with Crippen LogP contribution >= 0.6 is 0 Å². The van der Waals surface area contributed by atoms with E-state index in [0.29, 0.717) is 0 Å². The molecule has 0 bridgehead atoms. The summed E-state index contributed by atoms with van der Waals surface area (Å²) in [5, 5.41) is 3.63. The summed E-state index contributed by atoms with van der Waals surface area (Å²) in [6.45, 7) is 10.6. The Hall–Kier alpha value is -0.900. The molecule has 1 aromatic carbocycles. The number of hydrogen-bond acceptors (Lipinski definition) is 3. The van der Waals surface area contributed by atoms with Crippen molar-refractivity contribution in [1.29, 1.82) is 0 Å². The fraction of sp³-hybridized carbons (Fsp3) is 0.667. The normalized spacial score (nSPS) is 20.8. The molecule has 1 heterocycles. The average molecular weight is 287 g/mol. The van der Waals surface area contributed by atoms with E-state index in [2.05, 4.69) is 46.3 Å². The van der Waals surface area contributed by atoms with Gasteiger partial charge in [0, 0.05) is 38.8 Å². The lowest BCUT2D eigenvalue weighted by atomic mass is 10.0. The van der Waals surface area contributed by atoms with Gasteiger partial charge in [0.25, 0.3) is 0 Å². The van der Waals surface area contributed by atoms with E-state index in [-0.39, 0.29) is 0 Å². The number of nitrogens with zero attached hydrogens (tertiary/aromatic N) is 2. The maximum Gasteiger partial charge on any atom is 0.0237 e. The Balaban J connectivity index is 1.51. The molecule has 0 unspecified atom stereocenters. The lowest BCUT2D eigenvalue weighted by Gasteiger charge is -2.34. The topological polar surface area (TPSA) is 18.5 Å². The molecule has 0 atom stereocenters. The number of piperazine rings is 1. The Labute approximate surface area is 129 Å². The number of rotatable bonds is 7. The van der Waals surface area contributed by atoms with Gasteiger partial charge in [0.2, 0.25) is 0 Å². The number of benzene rings is 1. The van der Waals surface area contributed by atoms with E-state index in [9.17, 15) is 0 Å². The molecule has 0 spiro atoms. The number of likely N-dealkylation sites (N-methyl/N-ethyl adjacent to an activating group) is 1. The summed E-state index contributed by atoms with van der Waals surface area (Å²) in [6, 6.07) is 9.82. The predicted molar refractivity (Wildman–Crippen MR) is 88.6 cm³/mol. The zero-order chi connectivity index (χ0) is 14.5. The van der Waals surface area contributed by atoms with Gasteiger partial charge in [0.1, 0.15) is 0 Å². The van der Waals surface area contributed by atoms with Gasteiger partial charge in [-0.3, -0.25) is 4.90 Å². The van der Waals surface area contributed by atoms with Crippen LogP contribution in [0.25, 0.3) is 0 Å². The third-order valence-electron chi connectivity index (χ3n) is 4.83. The Kier molecular flexibility index (Phi) is 5.28. The van der Waals surface area contributed by atoms with E-state index in [1.54, 1.807) is 0 Å². The molecule has 0 radical (unpaired) electrons. The van der Waals surface area contributed by atoms with Crippen molar-refractivity contribution in [2.75, 3.05) is 39.3 Å². The van der Waals surface area contributed by atoms with Gasteiger partial charge in [0.15, 0.2) is 0 Å². The first-order chi connectivity index (χ1) is 10.3. The molecule has 3 nitrogen and oxygen atoms in total. The smallest absolute Gasteiger partial charge is 0.0237 e. The minimum atomic E-state index is 0.819. The second-order valence-electron chi connectivity index (χ2n) is 6.46. The Morgan fingerprint density at radius 1 is 1.00 bits per heavy atom. The molecule has 1 saturated carbocycles. The van der Waals surface area contributed by atoms with Crippen LogP contribution in [0.5, 0.6) is 0 Å². The van der Waals surface area contributed by atoms with Crippen LogP contribution in [0.1, 0.15) is 30.9 Å².